The minimum Gasteiger partial charge on any atom is -0.393 e. The van der Waals surface area contributed by atoms with Crippen molar-refractivity contribution >= 4 is 17.4 Å². The van der Waals surface area contributed by atoms with Crippen LogP contribution in [-0.2, 0) is 4.79 Å². The first-order valence-electron chi connectivity index (χ1n) is 8.52. The number of likely N-dealkylation sites (tertiary alicyclic amines) is 1. The molecule has 1 amide bonds. The van der Waals surface area contributed by atoms with Crippen molar-refractivity contribution in [2.45, 2.75) is 18.9 Å². The minimum absolute atomic E-state index is 0.113. The molecule has 5 heteroatoms. The summed E-state index contributed by atoms with van der Waals surface area (Å²) in [4.78, 5) is 27.0. The van der Waals surface area contributed by atoms with Gasteiger partial charge in [-0.15, -0.1) is 0 Å². The average molecular weight is 338 g/mol. The second-order valence-electron chi connectivity index (χ2n) is 6.30. The summed E-state index contributed by atoms with van der Waals surface area (Å²) in [5, 5.41) is 12.4. The molecule has 0 saturated carbocycles. The highest BCUT2D eigenvalue weighted by atomic mass is 16.3. The zero-order valence-corrected chi connectivity index (χ0v) is 14.0. The second kappa shape index (κ2) is 8.05. The Morgan fingerprint density at radius 2 is 1.64 bits per heavy atom. The van der Waals surface area contributed by atoms with Crippen LogP contribution in [0.5, 0.6) is 0 Å². The molecule has 0 radical (unpaired) electrons. The number of ketones is 1. The SMILES string of the molecule is O=C(CN1CCC(O)CC1)Nc1ccccc1C(=O)c1ccccc1. The van der Waals surface area contributed by atoms with Gasteiger partial charge in [0.05, 0.1) is 18.3 Å². The number of para-hydroxylation sites is 1. The zero-order chi connectivity index (χ0) is 17.6. The number of aliphatic hydroxyl groups is 1. The Kier molecular flexibility index (Phi) is 5.58. The van der Waals surface area contributed by atoms with Gasteiger partial charge >= 0.3 is 0 Å². The number of anilines is 1. The lowest BCUT2D eigenvalue weighted by atomic mass is 10.0. The van der Waals surface area contributed by atoms with Crippen molar-refractivity contribution < 1.29 is 14.7 Å². The van der Waals surface area contributed by atoms with E-state index in [-0.39, 0.29) is 24.3 Å². The fourth-order valence-electron chi connectivity index (χ4n) is 3.01. The van der Waals surface area contributed by atoms with Crippen LogP contribution in [0.3, 0.4) is 0 Å². The van der Waals surface area contributed by atoms with Crippen LogP contribution in [0.2, 0.25) is 0 Å². The molecule has 1 saturated heterocycles. The van der Waals surface area contributed by atoms with E-state index in [1.54, 1.807) is 36.4 Å². The van der Waals surface area contributed by atoms with Crippen LogP contribution in [0.4, 0.5) is 5.69 Å². The molecule has 0 bridgehead atoms. The highest BCUT2D eigenvalue weighted by molar-refractivity contribution is 6.13. The van der Waals surface area contributed by atoms with Gasteiger partial charge in [-0.2, -0.15) is 0 Å². The quantitative estimate of drug-likeness (QED) is 0.821. The van der Waals surface area contributed by atoms with E-state index in [9.17, 15) is 14.7 Å². The van der Waals surface area contributed by atoms with E-state index in [0.29, 0.717) is 42.7 Å². The van der Waals surface area contributed by atoms with Gasteiger partial charge in [0.1, 0.15) is 0 Å². The molecule has 1 fully saturated rings. The molecular weight excluding hydrogens is 316 g/mol. The molecule has 1 aliphatic heterocycles. The van der Waals surface area contributed by atoms with Gasteiger partial charge in [0.25, 0.3) is 0 Å². The van der Waals surface area contributed by atoms with Gasteiger partial charge in [-0.05, 0) is 25.0 Å². The van der Waals surface area contributed by atoms with Crippen LogP contribution in [0.1, 0.15) is 28.8 Å². The third-order valence-corrected chi connectivity index (χ3v) is 4.41. The second-order valence-corrected chi connectivity index (χ2v) is 6.30. The highest BCUT2D eigenvalue weighted by Crippen LogP contribution is 2.19. The Labute approximate surface area is 147 Å². The summed E-state index contributed by atoms with van der Waals surface area (Å²) in [6.45, 7) is 1.68. The summed E-state index contributed by atoms with van der Waals surface area (Å²) in [5.41, 5.74) is 1.60. The largest absolute Gasteiger partial charge is 0.393 e. The Hall–Kier alpha value is -2.50. The van der Waals surface area contributed by atoms with Crippen molar-refractivity contribution in [3.63, 3.8) is 0 Å². The summed E-state index contributed by atoms with van der Waals surface area (Å²) in [7, 11) is 0. The summed E-state index contributed by atoms with van der Waals surface area (Å²) < 4.78 is 0. The Morgan fingerprint density at radius 3 is 2.36 bits per heavy atom. The van der Waals surface area contributed by atoms with E-state index in [1.807, 2.05) is 23.1 Å². The normalized spacial score (nSPS) is 15.7. The van der Waals surface area contributed by atoms with E-state index in [1.165, 1.54) is 0 Å². The standard InChI is InChI=1S/C20H22N2O3/c23-16-10-12-22(13-11-16)14-19(24)21-18-9-5-4-8-17(18)20(25)15-6-2-1-3-7-15/h1-9,16,23H,10-14H2,(H,21,24). The van der Waals surface area contributed by atoms with Gasteiger partial charge in [-0.25, -0.2) is 0 Å². The molecule has 0 spiro atoms. The minimum atomic E-state index is -0.261. The van der Waals surface area contributed by atoms with E-state index in [2.05, 4.69) is 5.32 Å². The smallest absolute Gasteiger partial charge is 0.238 e. The molecule has 2 aromatic rings. The number of benzene rings is 2. The molecular formula is C20H22N2O3. The van der Waals surface area contributed by atoms with Gasteiger partial charge in [0.2, 0.25) is 5.91 Å². The molecule has 25 heavy (non-hydrogen) atoms. The van der Waals surface area contributed by atoms with Crippen LogP contribution in [0.25, 0.3) is 0 Å². The zero-order valence-electron chi connectivity index (χ0n) is 14.0. The third-order valence-electron chi connectivity index (χ3n) is 4.41. The predicted molar refractivity (Wildman–Crippen MR) is 96.6 cm³/mol. The van der Waals surface area contributed by atoms with Crippen molar-refractivity contribution in [2.75, 3.05) is 25.0 Å². The number of amides is 1. The molecule has 0 atom stereocenters. The van der Waals surface area contributed by atoms with Crippen LogP contribution in [0.15, 0.2) is 54.6 Å². The van der Waals surface area contributed by atoms with Gasteiger partial charge < -0.3 is 10.4 Å². The van der Waals surface area contributed by atoms with Crippen molar-refractivity contribution in [1.29, 1.82) is 0 Å². The number of nitrogens with zero attached hydrogens (tertiary/aromatic N) is 1. The fraction of sp³-hybridized carbons (Fsp3) is 0.300. The van der Waals surface area contributed by atoms with Crippen molar-refractivity contribution in [1.82, 2.24) is 4.90 Å². The van der Waals surface area contributed by atoms with Gasteiger partial charge in [0.15, 0.2) is 5.78 Å². The Bertz CT molecular complexity index is 738. The van der Waals surface area contributed by atoms with Crippen molar-refractivity contribution in [2.24, 2.45) is 0 Å². The maximum atomic E-state index is 12.7. The predicted octanol–water partition coefficient (Wildman–Crippen LogP) is 2.31. The van der Waals surface area contributed by atoms with E-state index in [0.717, 1.165) is 0 Å². The Morgan fingerprint density at radius 1 is 1.00 bits per heavy atom. The lowest BCUT2D eigenvalue weighted by Crippen LogP contribution is -2.40. The molecule has 0 unspecified atom stereocenters. The van der Waals surface area contributed by atoms with Crippen LogP contribution < -0.4 is 5.32 Å². The van der Waals surface area contributed by atoms with E-state index < -0.39 is 0 Å². The maximum Gasteiger partial charge on any atom is 0.238 e. The van der Waals surface area contributed by atoms with Gasteiger partial charge in [-0.3, -0.25) is 14.5 Å². The fourth-order valence-corrected chi connectivity index (χ4v) is 3.01. The number of aliphatic hydroxyl groups excluding tert-OH is 1. The summed E-state index contributed by atoms with van der Waals surface area (Å²) in [5.74, 6) is -0.262. The summed E-state index contributed by atoms with van der Waals surface area (Å²) >= 11 is 0. The summed E-state index contributed by atoms with van der Waals surface area (Å²) in [6, 6.07) is 16.1. The number of carbonyl (C=O) groups excluding carboxylic acids is 2. The molecule has 1 aliphatic rings. The van der Waals surface area contributed by atoms with Crippen LogP contribution in [0, 0.1) is 0 Å². The van der Waals surface area contributed by atoms with E-state index >= 15 is 0 Å². The van der Waals surface area contributed by atoms with Crippen molar-refractivity contribution in [3.05, 3.63) is 65.7 Å². The number of piperidine rings is 1. The van der Waals surface area contributed by atoms with Gasteiger partial charge in [-0.1, -0.05) is 42.5 Å². The first-order valence-corrected chi connectivity index (χ1v) is 8.52. The number of rotatable bonds is 5. The molecule has 1 heterocycles. The van der Waals surface area contributed by atoms with Crippen LogP contribution in [-0.4, -0.2) is 47.4 Å². The molecule has 0 aliphatic carbocycles. The first-order chi connectivity index (χ1) is 12.1. The van der Waals surface area contributed by atoms with Gasteiger partial charge in [0, 0.05) is 24.2 Å². The van der Waals surface area contributed by atoms with Crippen LogP contribution >= 0.6 is 0 Å². The number of carbonyl (C=O) groups is 2. The molecule has 130 valence electrons. The number of hydrogen-bond donors (Lipinski definition) is 2. The summed E-state index contributed by atoms with van der Waals surface area (Å²) in [6.07, 6.45) is 1.12. The van der Waals surface area contributed by atoms with Crippen molar-refractivity contribution in [3.8, 4) is 0 Å². The van der Waals surface area contributed by atoms with E-state index in [4.69, 9.17) is 0 Å². The maximum absolute atomic E-state index is 12.7. The molecule has 2 N–H and O–H groups in total. The first kappa shape index (κ1) is 17.3. The number of nitrogens with one attached hydrogen (secondary N) is 1. The lowest BCUT2D eigenvalue weighted by Gasteiger charge is -2.28. The lowest BCUT2D eigenvalue weighted by molar-refractivity contribution is -0.117. The topological polar surface area (TPSA) is 69.6 Å². The molecule has 2 aromatic carbocycles. The molecule has 0 aromatic heterocycles. The average Bonchev–Trinajstić information content (AvgIpc) is 2.64. The highest BCUT2D eigenvalue weighted by Gasteiger charge is 2.20. The third kappa shape index (κ3) is 4.53. The monoisotopic (exact) mass is 338 g/mol. The molecule has 5 nitrogen and oxygen atoms in total. The molecule has 3 rings (SSSR count). The Balaban J connectivity index is 1.68. The number of hydrogen-bond acceptors (Lipinski definition) is 4.